The van der Waals surface area contributed by atoms with Crippen molar-refractivity contribution >= 4 is 43.8 Å². The fourth-order valence-electron chi connectivity index (χ4n) is 1.08. The third-order valence-electron chi connectivity index (χ3n) is 1.62. The molecule has 13 heavy (non-hydrogen) atoms. The Kier molecular flexibility index (Phi) is 3.50. The maximum atomic E-state index is 10.5. The molecule has 0 aliphatic rings. The first-order chi connectivity index (χ1) is 6.06. The highest BCUT2D eigenvalue weighted by Gasteiger charge is 2.08. The molecule has 0 heterocycles. The zero-order valence-corrected chi connectivity index (χ0v) is 10.5. The van der Waals surface area contributed by atoms with E-state index in [1.165, 1.54) is 0 Å². The zero-order chi connectivity index (χ0) is 10.0. The maximum absolute atomic E-state index is 10.5. The van der Waals surface area contributed by atoms with E-state index >= 15 is 0 Å². The Balaban J connectivity index is 3.31. The van der Waals surface area contributed by atoms with Gasteiger partial charge in [-0.25, -0.2) is 0 Å². The molecule has 0 unspecified atom stereocenters. The SMILES string of the molecule is CN(C)c1c(Br)cc(C=O)cc1Br. The number of aldehydes is 1. The summed E-state index contributed by atoms with van der Waals surface area (Å²) in [4.78, 5) is 12.5. The van der Waals surface area contributed by atoms with Crippen LogP contribution in [0.15, 0.2) is 21.1 Å². The van der Waals surface area contributed by atoms with Crippen LogP contribution in [0.25, 0.3) is 0 Å². The molecule has 0 spiro atoms. The summed E-state index contributed by atoms with van der Waals surface area (Å²) in [6.45, 7) is 0. The van der Waals surface area contributed by atoms with Gasteiger partial charge in [0.05, 0.1) is 5.69 Å². The predicted molar refractivity (Wildman–Crippen MR) is 61.6 cm³/mol. The van der Waals surface area contributed by atoms with Crippen LogP contribution in [-0.4, -0.2) is 20.4 Å². The van der Waals surface area contributed by atoms with Gasteiger partial charge in [-0.3, -0.25) is 4.79 Å². The minimum Gasteiger partial charge on any atom is -0.376 e. The quantitative estimate of drug-likeness (QED) is 0.783. The lowest BCUT2D eigenvalue weighted by Crippen LogP contribution is -2.10. The van der Waals surface area contributed by atoms with Gasteiger partial charge in [-0.1, -0.05) is 0 Å². The fraction of sp³-hybridized carbons (Fsp3) is 0.222. The van der Waals surface area contributed by atoms with E-state index < -0.39 is 0 Å². The van der Waals surface area contributed by atoms with E-state index in [9.17, 15) is 4.79 Å². The molecule has 0 aromatic heterocycles. The minimum absolute atomic E-state index is 0.657. The molecule has 0 aliphatic carbocycles. The van der Waals surface area contributed by atoms with E-state index in [4.69, 9.17) is 0 Å². The highest BCUT2D eigenvalue weighted by Crippen LogP contribution is 2.33. The summed E-state index contributed by atoms with van der Waals surface area (Å²) in [5, 5.41) is 0. The Hall–Kier alpha value is -0.350. The molecule has 0 atom stereocenters. The number of benzene rings is 1. The molecular weight excluding hydrogens is 298 g/mol. The molecule has 1 aromatic carbocycles. The van der Waals surface area contributed by atoms with Crippen molar-refractivity contribution < 1.29 is 4.79 Å². The van der Waals surface area contributed by atoms with Crippen molar-refractivity contribution in [2.45, 2.75) is 0 Å². The van der Waals surface area contributed by atoms with E-state index in [0.29, 0.717) is 5.56 Å². The summed E-state index contributed by atoms with van der Waals surface area (Å²) in [5.74, 6) is 0. The van der Waals surface area contributed by atoms with Gasteiger partial charge in [0.2, 0.25) is 0 Å². The normalized spacial score (nSPS) is 9.85. The number of hydrogen-bond acceptors (Lipinski definition) is 2. The van der Waals surface area contributed by atoms with E-state index in [1.54, 1.807) is 12.1 Å². The lowest BCUT2D eigenvalue weighted by atomic mass is 10.2. The van der Waals surface area contributed by atoms with Crippen molar-refractivity contribution in [1.82, 2.24) is 0 Å². The molecule has 0 aliphatic heterocycles. The molecule has 0 radical (unpaired) electrons. The summed E-state index contributed by atoms with van der Waals surface area (Å²) >= 11 is 6.82. The second-order valence-electron chi connectivity index (χ2n) is 2.85. The molecule has 0 amide bonds. The monoisotopic (exact) mass is 305 g/mol. The number of halogens is 2. The second kappa shape index (κ2) is 4.24. The van der Waals surface area contributed by atoms with Crippen LogP contribution in [0.2, 0.25) is 0 Å². The van der Waals surface area contributed by atoms with Crippen molar-refractivity contribution in [2.24, 2.45) is 0 Å². The average molecular weight is 307 g/mol. The lowest BCUT2D eigenvalue weighted by molar-refractivity contribution is 0.112. The van der Waals surface area contributed by atoms with E-state index in [1.807, 2.05) is 19.0 Å². The molecule has 1 rings (SSSR count). The predicted octanol–water partition coefficient (Wildman–Crippen LogP) is 3.09. The summed E-state index contributed by atoms with van der Waals surface area (Å²) in [7, 11) is 3.90. The molecule has 0 saturated carbocycles. The molecule has 0 saturated heterocycles. The van der Waals surface area contributed by atoms with Gasteiger partial charge in [0.15, 0.2) is 0 Å². The van der Waals surface area contributed by atoms with Crippen LogP contribution in [0.5, 0.6) is 0 Å². The third kappa shape index (κ3) is 2.31. The van der Waals surface area contributed by atoms with Crippen LogP contribution < -0.4 is 4.90 Å². The van der Waals surface area contributed by atoms with Gasteiger partial charge in [0.25, 0.3) is 0 Å². The summed E-state index contributed by atoms with van der Waals surface area (Å²) < 4.78 is 1.82. The van der Waals surface area contributed by atoms with Crippen molar-refractivity contribution in [3.63, 3.8) is 0 Å². The summed E-state index contributed by atoms with van der Waals surface area (Å²) in [6.07, 6.45) is 0.828. The standard InChI is InChI=1S/C9H9Br2NO/c1-12(2)9-7(10)3-6(5-13)4-8(9)11/h3-5H,1-2H3. The molecule has 0 bridgehead atoms. The molecule has 4 heteroatoms. The van der Waals surface area contributed by atoms with E-state index in [-0.39, 0.29) is 0 Å². The number of hydrogen-bond donors (Lipinski definition) is 0. The van der Waals surface area contributed by atoms with Gasteiger partial charge < -0.3 is 4.90 Å². The number of nitrogens with zero attached hydrogens (tertiary/aromatic N) is 1. The first-order valence-electron chi connectivity index (χ1n) is 3.68. The van der Waals surface area contributed by atoms with Crippen molar-refractivity contribution in [2.75, 3.05) is 19.0 Å². The average Bonchev–Trinajstić information content (AvgIpc) is 2.02. The van der Waals surface area contributed by atoms with Gasteiger partial charge in [-0.2, -0.15) is 0 Å². The molecular formula is C9H9Br2NO. The van der Waals surface area contributed by atoms with Gasteiger partial charge >= 0.3 is 0 Å². The maximum Gasteiger partial charge on any atom is 0.150 e. The summed E-state index contributed by atoms with van der Waals surface area (Å²) in [6, 6.07) is 3.60. The highest BCUT2D eigenvalue weighted by molar-refractivity contribution is 9.11. The molecule has 0 fully saturated rings. The molecule has 2 nitrogen and oxygen atoms in total. The van der Waals surface area contributed by atoms with Crippen LogP contribution in [0.3, 0.4) is 0 Å². The van der Waals surface area contributed by atoms with Gasteiger partial charge in [0.1, 0.15) is 6.29 Å². The Morgan fingerprint density at radius 3 is 2.00 bits per heavy atom. The van der Waals surface area contributed by atoms with Gasteiger partial charge in [0, 0.05) is 28.6 Å². The van der Waals surface area contributed by atoms with Crippen LogP contribution in [-0.2, 0) is 0 Å². The fourth-order valence-corrected chi connectivity index (χ4v) is 3.01. The minimum atomic E-state index is 0.657. The van der Waals surface area contributed by atoms with Crippen LogP contribution in [0, 0.1) is 0 Å². The Labute approximate surface area is 94.2 Å². The van der Waals surface area contributed by atoms with Crippen molar-refractivity contribution in [3.8, 4) is 0 Å². The van der Waals surface area contributed by atoms with Gasteiger partial charge in [-0.05, 0) is 44.0 Å². The number of anilines is 1. The lowest BCUT2D eigenvalue weighted by Gasteiger charge is -2.16. The molecule has 1 aromatic rings. The number of rotatable bonds is 2. The Morgan fingerprint density at radius 2 is 1.69 bits per heavy atom. The third-order valence-corrected chi connectivity index (χ3v) is 2.83. The van der Waals surface area contributed by atoms with Crippen LogP contribution >= 0.6 is 31.9 Å². The van der Waals surface area contributed by atoms with Crippen LogP contribution in [0.4, 0.5) is 5.69 Å². The van der Waals surface area contributed by atoms with E-state index in [2.05, 4.69) is 31.9 Å². The smallest absolute Gasteiger partial charge is 0.150 e. The number of carbonyl (C=O) groups excluding carboxylic acids is 1. The van der Waals surface area contributed by atoms with Gasteiger partial charge in [-0.15, -0.1) is 0 Å². The topological polar surface area (TPSA) is 20.3 Å². The second-order valence-corrected chi connectivity index (χ2v) is 4.55. The summed E-state index contributed by atoms with van der Waals surface area (Å²) in [5.41, 5.74) is 1.69. The zero-order valence-electron chi connectivity index (χ0n) is 7.34. The van der Waals surface area contributed by atoms with Crippen molar-refractivity contribution in [1.29, 1.82) is 0 Å². The Morgan fingerprint density at radius 1 is 1.23 bits per heavy atom. The first-order valence-corrected chi connectivity index (χ1v) is 5.26. The first kappa shape index (κ1) is 10.7. The largest absolute Gasteiger partial charge is 0.376 e. The highest BCUT2D eigenvalue weighted by atomic mass is 79.9. The number of carbonyl (C=O) groups is 1. The Bertz CT molecular complexity index is 313. The van der Waals surface area contributed by atoms with Crippen molar-refractivity contribution in [3.05, 3.63) is 26.6 Å². The van der Waals surface area contributed by atoms with Crippen LogP contribution in [0.1, 0.15) is 10.4 Å². The molecule has 70 valence electrons. The molecule has 0 N–H and O–H groups in total. The van der Waals surface area contributed by atoms with E-state index in [0.717, 1.165) is 20.9 Å².